The van der Waals surface area contributed by atoms with Crippen LogP contribution in [0.1, 0.15) is 31.2 Å². The summed E-state index contributed by atoms with van der Waals surface area (Å²) in [4.78, 5) is 22.2. The Morgan fingerprint density at radius 3 is 2.57 bits per heavy atom. The van der Waals surface area contributed by atoms with Crippen LogP contribution in [0.25, 0.3) is 5.69 Å². The molecule has 1 amide bonds. The van der Waals surface area contributed by atoms with E-state index in [2.05, 4.69) is 10.4 Å². The lowest BCUT2D eigenvalue weighted by atomic mass is 10.1. The number of aliphatic carboxylic acids is 1. The van der Waals surface area contributed by atoms with Gasteiger partial charge in [-0.3, -0.25) is 9.59 Å². The lowest BCUT2D eigenvalue weighted by molar-refractivity contribution is -0.137. The van der Waals surface area contributed by atoms with Crippen LogP contribution >= 0.6 is 0 Å². The maximum atomic E-state index is 11.8. The summed E-state index contributed by atoms with van der Waals surface area (Å²) in [7, 11) is 0. The molecule has 122 valence electrons. The largest absolute Gasteiger partial charge is 0.481 e. The van der Waals surface area contributed by atoms with E-state index in [9.17, 15) is 9.59 Å². The van der Waals surface area contributed by atoms with Crippen LogP contribution in [0.15, 0.2) is 42.7 Å². The van der Waals surface area contributed by atoms with Crippen LogP contribution in [0.4, 0.5) is 0 Å². The number of amides is 1. The third-order valence-corrected chi connectivity index (χ3v) is 3.46. The molecule has 0 aliphatic carbocycles. The minimum atomic E-state index is -0.771. The number of carbonyl (C=O) groups is 2. The molecule has 2 N–H and O–H groups in total. The highest BCUT2D eigenvalue weighted by Crippen LogP contribution is 2.09. The van der Waals surface area contributed by atoms with Gasteiger partial charge in [-0.1, -0.05) is 18.6 Å². The Morgan fingerprint density at radius 2 is 1.91 bits per heavy atom. The third-order valence-electron chi connectivity index (χ3n) is 3.46. The molecule has 0 saturated heterocycles. The van der Waals surface area contributed by atoms with Crippen LogP contribution in [0.3, 0.4) is 0 Å². The van der Waals surface area contributed by atoms with E-state index in [1.165, 1.54) is 0 Å². The zero-order chi connectivity index (χ0) is 16.5. The van der Waals surface area contributed by atoms with Crippen molar-refractivity contribution in [1.82, 2.24) is 15.1 Å². The number of hydrogen-bond acceptors (Lipinski definition) is 3. The van der Waals surface area contributed by atoms with Gasteiger partial charge in [0, 0.05) is 25.4 Å². The van der Waals surface area contributed by atoms with Gasteiger partial charge in [-0.2, -0.15) is 5.10 Å². The zero-order valence-corrected chi connectivity index (χ0v) is 12.9. The van der Waals surface area contributed by atoms with E-state index >= 15 is 0 Å². The minimum Gasteiger partial charge on any atom is -0.481 e. The first-order valence-corrected chi connectivity index (χ1v) is 7.72. The number of benzene rings is 1. The van der Waals surface area contributed by atoms with Crippen molar-refractivity contribution in [2.24, 2.45) is 0 Å². The summed E-state index contributed by atoms with van der Waals surface area (Å²) in [6, 6.07) is 9.56. The first kappa shape index (κ1) is 16.7. The van der Waals surface area contributed by atoms with Crippen molar-refractivity contribution in [3.63, 3.8) is 0 Å². The van der Waals surface area contributed by atoms with Gasteiger partial charge in [0.2, 0.25) is 5.91 Å². The minimum absolute atomic E-state index is 0.0185. The second-order valence-electron chi connectivity index (χ2n) is 5.35. The molecule has 0 aliphatic heterocycles. The van der Waals surface area contributed by atoms with Gasteiger partial charge >= 0.3 is 5.97 Å². The van der Waals surface area contributed by atoms with Crippen molar-refractivity contribution in [3.05, 3.63) is 48.3 Å². The van der Waals surface area contributed by atoms with Gasteiger partial charge in [-0.15, -0.1) is 0 Å². The van der Waals surface area contributed by atoms with Gasteiger partial charge in [0.25, 0.3) is 0 Å². The Labute approximate surface area is 135 Å². The molecule has 0 fully saturated rings. The number of rotatable bonds is 9. The molecule has 1 aromatic heterocycles. The van der Waals surface area contributed by atoms with Gasteiger partial charge in [0.05, 0.1) is 12.1 Å². The number of aromatic nitrogens is 2. The summed E-state index contributed by atoms with van der Waals surface area (Å²) >= 11 is 0. The van der Waals surface area contributed by atoms with Crippen molar-refractivity contribution in [2.45, 2.75) is 32.1 Å². The number of hydrogen-bond donors (Lipinski definition) is 2. The molecule has 0 bridgehead atoms. The maximum absolute atomic E-state index is 11.8. The zero-order valence-electron chi connectivity index (χ0n) is 12.9. The Kier molecular flexibility index (Phi) is 6.35. The van der Waals surface area contributed by atoms with Crippen molar-refractivity contribution in [3.8, 4) is 5.69 Å². The van der Waals surface area contributed by atoms with Crippen LogP contribution in [0.5, 0.6) is 0 Å². The van der Waals surface area contributed by atoms with Crippen LogP contribution in [-0.4, -0.2) is 33.3 Å². The molecule has 1 heterocycles. The summed E-state index contributed by atoms with van der Waals surface area (Å²) < 4.78 is 1.76. The lowest BCUT2D eigenvalue weighted by Crippen LogP contribution is -2.26. The summed E-state index contributed by atoms with van der Waals surface area (Å²) in [5, 5.41) is 15.5. The number of carbonyl (C=O) groups excluding carboxylic acids is 1. The number of carboxylic acid groups (broad SMARTS) is 1. The fourth-order valence-electron chi connectivity index (χ4n) is 2.24. The Hall–Kier alpha value is -2.63. The molecule has 0 saturated carbocycles. The topological polar surface area (TPSA) is 84.2 Å². The molecular weight excluding hydrogens is 294 g/mol. The predicted octanol–water partition coefficient (Wildman–Crippen LogP) is 2.18. The smallest absolute Gasteiger partial charge is 0.303 e. The van der Waals surface area contributed by atoms with Gasteiger partial charge in [0.15, 0.2) is 0 Å². The Bertz CT molecular complexity index is 621. The summed E-state index contributed by atoms with van der Waals surface area (Å²) in [5.74, 6) is -0.789. The molecule has 0 spiro atoms. The van der Waals surface area contributed by atoms with Gasteiger partial charge < -0.3 is 10.4 Å². The summed E-state index contributed by atoms with van der Waals surface area (Å²) in [6.45, 7) is 0.587. The molecule has 2 rings (SSSR count). The Balaban J connectivity index is 1.68. The number of nitrogens with one attached hydrogen (secondary N) is 1. The lowest BCUT2D eigenvalue weighted by Gasteiger charge is -2.06. The molecule has 1 aromatic carbocycles. The first-order chi connectivity index (χ1) is 11.1. The normalized spacial score (nSPS) is 10.4. The molecule has 0 aliphatic rings. The van der Waals surface area contributed by atoms with E-state index in [-0.39, 0.29) is 12.3 Å². The van der Waals surface area contributed by atoms with Crippen molar-refractivity contribution >= 4 is 11.9 Å². The van der Waals surface area contributed by atoms with Crippen LogP contribution in [-0.2, 0) is 16.0 Å². The van der Waals surface area contributed by atoms with Gasteiger partial charge in [0.1, 0.15) is 0 Å². The predicted molar refractivity (Wildman–Crippen MR) is 86.4 cm³/mol. The monoisotopic (exact) mass is 315 g/mol. The van der Waals surface area contributed by atoms with E-state index in [1.807, 2.05) is 36.5 Å². The van der Waals surface area contributed by atoms with Crippen LogP contribution in [0, 0.1) is 0 Å². The van der Waals surface area contributed by atoms with Crippen molar-refractivity contribution < 1.29 is 14.7 Å². The molecule has 6 heteroatoms. The molecule has 0 atom stereocenters. The van der Waals surface area contributed by atoms with Gasteiger partial charge in [-0.25, -0.2) is 4.68 Å². The van der Waals surface area contributed by atoms with Gasteiger partial charge in [-0.05, 0) is 36.6 Å². The second kappa shape index (κ2) is 8.73. The van der Waals surface area contributed by atoms with Crippen molar-refractivity contribution in [2.75, 3.05) is 6.54 Å². The summed E-state index contributed by atoms with van der Waals surface area (Å²) in [5.41, 5.74) is 1.90. The molecule has 0 radical (unpaired) electrons. The average molecular weight is 315 g/mol. The second-order valence-corrected chi connectivity index (χ2v) is 5.35. The molecule has 0 unspecified atom stereocenters. The average Bonchev–Trinajstić information content (AvgIpc) is 3.05. The van der Waals surface area contributed by atoms with E-state index in [1.54, 1.807) is 10.9 Å². The highest BCUT2D eigenvalue weighted by Gasteiger charge is 2.04. The number of unbranched alkanes of at least 4 members (excludes halogenated alkanes) is 2. The standard InChI is InChI=1S/C17H21N3O3/c21-16(18-10-3-1-2-5-17(22)23)13-14-6-8-15(9-7-14)20-12-4-11-19-20/h4,6-9,11-12H,1-3,5,10,13H2,(H,18,21)(H,22,23). The first-order valence-electron chi connectivity index (χ1n) is 7.72. The number of nitrogens with zero attached hydrogens (tertiary/aromatic N) is 2. The molecule has 23 heavy (non-hydrogen) atoms. The van der Waals surface area contributed by atoms with Crippen molar-refractivity contribution in [1.29, 1.82) is 0 Å². The van der Waals surface area contributed by atoms with E-state index in [4.69, 9.17) is 5.11 Å². The fourth-order valence-corrected chi connectivity index (χ4v) is 2.24. The Morgan fingerprint density at radius 1 is 1.13 bits per heavy atom. The highest BCUT2D eigenvalue weighted by molar-refractivity contribution is 5.78. The van der Waals surface area contributed by atoms with E-state index in [0.717, 1.165) is 24.1 Å². The highest BCUT2D eigenvalue weighted by atomic mass is 16.4. The molecule has 6 nitrogen and oxygen atoms in total. The SMILES string of the molecule is O=C(O)CCCCCNC(=O)Cc1ccc(-n2cccn2)cc1. The number of carboxylic acids is 1. The fraction of sp³-hybridized carbons (Fsp3) is 0.353. The van der Waals surface area contributed by atoms with E-state index in [0.29, 0.717) is 19.4 Å². The van der Waals surface area contributed by atoms with E-state index < -0.39 is 5.97 Å². The van der Waals surface area contributed by atoms with Crippen LogP contribution in [0.2, 0.25) is 0 Å². The van der Waals surface area contributed by atoms with Crippen LogP contribution < -0.4 is 5.32 Å². The molecule has 2 aromatic rings. The third kappa shape index (κ3) is 5.94. The summed E-state index contributed by atoms with van der Waals surface area (Å²) in [6.07, 6.45) is 6.39. The quantitative estimate of drug-likeness (QED) is 0.695. The molecular formula is C17H21N3O3. The maximum Gasteiger partial charge on any atom is 0.303 e.